The Morgan fingerprint density at radius 3 is 2.50 bits per heavy atom. The lowest BCUT2D eigenvalue weighted by Gasteiger charge is -2.43. The SMILES string of the molecule is CCC1(Nc2cc(NN)cc([N+](=O)[O-])c2)CCC1. The van der Waals surface area contributed by atoms with Gasteiger partial charge in [0.15, 0.2) is 0 Å². The van der Waals surface area contributed by atoms with Crippen molar-refractivity contribution in [1.82, 2.24) is 0 Å². The van der Waals surface area contributed by atoms with E-state index in [-0.39, 0.29) is 11.2 Å². The number of rotatable bonds is 5. The maximum absolute atomic E-state index is 10.8. The number of non-ortho nitro benzene ring substituents is 1. The van der Waals surface area contributed by atoms with Gasteiger partial charge in [-0.05, 0) is 31.7 Å². The molecule has 0 heterocycles. The summed E-state index contributed by atoms with van der Waals surface area (Å²) in [7, 11) is 0. The van der Waals surface area contributed by atoms with Crippen LogP contribution in [0.3, 0.4) is 0 Å². The largest absolute Gasteiger partial charge is 0.379 e. The highest BCUT2D eigenvalue weighted by Gasteiger charge is 2.35. The molecule has 0 aliphatic heterocycles. The Morgan fingerprint density at radius 2 is 2.06 bits per heavy atom. The van der Waals surface area contributed by atoms with Crippen LogP contribution in [0, 0.1) is 10.1 Å². The van der Waals surface area contributed by atoms with Crippen LogP contribution in [0.15, 0.2) is 18.2 Å². The zero-order chi connectivity index (χ0) is 13.2. The molecule has 0 saturated heterocycles. The molecule has 1 fully saturated rings. The summed E-state index contributed by atoms with van der Waals surface area (Å²) in [5, 5.41) is 14.3. The smallest absolute Gasteiger partial charge is 0.273 e. The van der Waals surface area contributed by atoms with Crippen LogP contribution in [0.2, 0.25) is 0 Å². The number of nitro groups is 1. The summed E-state index contributed by atoms with van der Waals surface area (Å²) >= 11 is 0. The maximum Gasteiger partial charge on any atom is 0.273 e. The van der Waals surface area contributed by atoms with Gasteiger partial charge in [0.05, 0.1) is 10.6 Å². The average Bonchev–Trinajstić information content (AvgIpc) is 2.33. The number of nitro benzene ring substituents is 1. The van der Waals surface area contributed by atoms with Gasteiger partial charge in [0.25, 0.3) is 5.69 Å². The molecule has 1 aliphatic carbocycles. The second-order valence-corrected chi connectivity index (χ2v) is 4.78. The summed E-state index contributed by atoms with van der Waals surface area (Å²) in [6.07, 6.45) is 4.44. The molecule has 0 unspecified atom stereocenters. The summed E-state index contributed by atoms with van der Waals surface area (Å²) in [6, 6.07) is 4.77. The molecule has 0 amide bonds. The normalized spacial score (nSPS) is 16.8. The van der Waals surface area contributed by atoms with Crippen molar-refractivity contribution in [3.05, 3.63) is 28.3 Å². The summed E-state index contributed by atoms with van der Waals surface area (Å²) in [5.74, 6) is 5.33. The number of nitrogens with one attached hydrogen (secondary N) is 2. The van der Waals surface area contributed by atoms with Crippen molar-refractivity contribution in [1.29, 1.82) is 0 Å². The number of benzene rings is 1. The molecule has 18 heavy (non-hydrogen) atoms. The Hall–Kier alpha value is -1.82. The lowest BCUT2D eigenvalue weighted by Crippen LogP contribution is -2.44. The van der Waals surface area contributed by atoms with Crippen LogP contribution in [-0.2, 0) is 0 Å². The molecule has 1 aliphatic rings. The van der Waals surface area contributed by atoms with Crippen molar-refractivity contribution < 1.29 is 4.92 Å². The molecule has 0 atom stereocenters. The van der Waals surface area contributed by atoms with E-state index in [0.29, 0.717) is 5.69 Å². The predicted octanol–water partition coefficient (Wildman–Crippen LogP) is 2.63. The van der Waals surface area contributed by atoms with Gasteiger partial charge in [0.2, 0.25) is 0 Å². The number of nitrogens with zero attached hydrogens (tertiary/aromatic N) is 1. The van der Waals surface area contributed by atoms with E-state index in [1.165, 1.54) is 12.5 Å². The van der Waals surface area contributed by atoms with Gasteiger partial charge in [-0.1, -0.05) is 6.92 Å². The Balaban J connectivity index is 2.26. The highest BCUT2D eigenvalue weighted by molar-refractivity contribution is 5.64. The first-order chi connectivity index (χ1) is 8.58. The fourth-order valence-electron chi connectivity index (χ4n) is 2.35. The van der Waals surface area contributed by atoms with Crippen molar-refractivity contribution in [3.63, 3.8) is 0 Å². The van der Waals surface area contributed by atoms with Gasteiger partial charge in [-0.3, -0.25) is 16.0 Å². The number of hydrogen-bond acceptors (Lipinski definition) is 5. The van der Waals surface area contributed by atoms with Gasteiger partial charge in [-0.2, -0.15) is 0 Å². The highest BCUT2D eigenvalue weighted by Crippen LogP contribution is 2.39. The molecule has 0 radical (unpaired) electrons. The standard InChI is InChI=1S/C12H18N4O2/c1-2-12(4-3-5-12)14-9-6-10(15-13)8-11(7-9)16(17)18/h6-8,14-15H,2-5,13H2,1H3. The molecule has 2 rings (SSSR count). The zero-order valence-electron chi connectivity index (χ0n) is 10.4. The van der Waals surface area contributed by atoms with Gasteiger partial charge < -0.3 is 10.7 Å². The molecule has 0 spiro atoms. The van der Waals surface area contributed by atoms with E-state index in [1.54, 1.807) is 12.1 Å². The van der Waals surface area contributed by atoms with E-state index in [1.807, 2.05) is 0 Å². The van der Waals surface area contributed by atoms with Crippen LogP contribution in [0.5, 0.6) is 0 Å². The molecule has 0 aromatic heterocycles. The summed E-state index contributed by atoms with van der Waals surface area (Å²) in [6.45, 7) is 2.13. The van der Waals surface area contributed by atoms with Crippen molar-refractivity contribution >= 4 is 17.1 Å². The van der Waals surface area contributed by atoms with Crippen LogP contribution < -0.4 is 16.6 Å². The molecular weight excluding hydrogens is 232 g/mol. The van der Waals surface area contributed by atoms with Gasteiger partial charge >= 0.3 is 0 Å². The minimum Gasteiger partial charge on any atom is -0.379 e. The number of nitrogens with two attached hydrogens (primary N) is 1. The lowest BCUT2D eigenvalue weighted by molar-refractivity contribution is -0.384. The fourth-order valence-corrected chi connectivity index (χ4v) is 2.35. The third-order valence-corrected chi connectivity index (χ3v) is 3.69. The van der Waals surface area contributed by atoms with E-state index in [9.17, 15) is 10.1 Å². The van der Waals surface area contributed by atoms with Gasteiger partial charge in [0.1, 0.15) is 0 Å². The molecule has 1 aromatic rings. The van der Waals surface area contributed by atoms with E-state index >= 15 is 0 Å². The Bertz CT molecular complexity index is 452. The maximum atomic E-state index is 10.8. The monoisotopic (exact) mass is 250 g/mol. The molecule has 6 heteroatoms. The first kappa shape index (κ1) is 12.6. The Morgan fingerprint density at radius 1 is 1.39 bits per heavy atom. The zero-order valence-corrected chi connectivity index (χ0v) is 10.4. The quantitative estimate of drug-likeness (QED) is 0.424. The molecule has 1 saturated carbocycles. The van der Waals surface area contributed by atoms with Gasteiger partial charge in [-0.15, -0.1) is 0 Å². The van der Waals surface area contributed by atoms with E-state index in [4.69, 9.17) is 5.84 Å². The molecule has 98 valence electrons. The van der Waals surface area contributed by atoms with E-state index in [0.717, 1.165) is 24.9 Å². The Kier molecular flexibility index (Phi) is 3.38. The number of nitrogen functional groups attached to an aromatic ring is 1. The van der Waals surface area contributed by atoms with Crippen molar-refractivity contribution in [3.8, 4) is 0 Å². The van der Waals surface area contributed by atoms with Crippen molar-refractivity contribution in [2.24, 2.45) is 5.84 Å². The van der Waals surface area contributed by atoms with Crippen LogP contribution in [0.25, 0.3) is 0 Å². The topological polar surface area (TPSA) is 93.2 Å². The first-order valence-corrected chi connectivity index (χ1v) is 6.13. The van der Waals surface area contributed by atoms with Crippen LogP contribution in [-0.4, -0.2) is 10.5 Å². The van der Waals surface area contributed by atoms with Gasteiger partial charge in [-0.25, -0.2) is 0 Å². The molecule has 0 bridgehead atoms. The predicted molar refractivity (Wildman–Crippen MR) is 71.4 cm³/mol. The number of hydrazine groups is 1. The lowest BCUT2D eigenvalue weighted by atomic mass is 9.74. The first-order valence-electron chi connectivity index (χ1n) is 6.13. The third kappa shape index (κ3) is 2.38. The summed E-state index contributed by atoms with van der Waals surface area (Å²) in [4.78, 5) is 10.4. The van der Waals surface area contributed by atoms with E-state index in [2.05, 4.69) is 17.7 Å². The minimum absolute atomic E-state index is 0.0403. The second kappa shape index (κ2) is 4.81. The number of anilines is 2. The molecule has 6 nitrogen and oxygen atoms in total. The summed E-state index contributed by atoms with van der Waals surface area (Å²) in [5.41, 5.74) is 3.88. The number of hydrogen-bond donors (Lipinski definition) is 3. The highest BCUT2D eigenvalue weighted by atomic mass is 16.6. The molecular formula is C12H18N4O2. The van der Waals surface area contributed by atoms with Crippen molar-refractivity contribution in [2.75, 3.05) is 10.7 Å². The van der Waals surface area contributed by atoms with Crippen molar-refractivity contribution in [2.45, 2.75) is 38.1 Å². The van der Waals surface area contributed by atoms with E-state index < -0.39 is 4.92 Å². The Labute approximate surface area is 106 Å². The molecule has 4 N–H and O–H groups in total. The fraction of sp³-hybridized carbons (Fsp3) is 0.500. The minimum atomic E-state index is -0.411. The van der Waals surface area contributed by atoms with Crippen LogP contribution in [0.1, 0.15) is 32.6 Å². The van der Waals surface area contributed by atoms with Gasteiger partial charge in [0, 0.05) is 23.4 Å². The average molecular weight is 250 g/mol. The van der Waals surface area contributed by atoms with Crippen LogP contribution >= 0.6 is 0 Å². The second-order valence-electron chi connectivity index (χ2n) is 4.78. The molecule has 1 aromatic carbocycles. The third-order valence-electron chi connectivity index (χ3n) is 3.69. The van der Waals surface area contributed by atoms with Crippen LogP contribution in [0.4, 0.5) is 17.1 Å². The summed E-state index contributed by atoms with van der Waals surface area (Å²) < 4.78 is 0.